The minimum Gasteiger partial charge on any atom is -0.454 e. The monoisotopic (exact) mass is 389 g/mol. The van der Waals surface area contributed by atoms with Crippen molar-refractivity contribution in [3.05, 3.63) is 64.1 Å². The molecule has 1 amide bonds. The van der Waals surface area contributed by atoms with Gasteiger partial charge in [-0.1, -0.05) is 41.1 Å². The summed E-state index contributed by atoms with van der Waals surface area (Å²) in [6, 6.07) is 13.2. The number of hydrogen-bond donors (Lipinski definition) is 1. The van der Waals surface area contributed by atoms with E-state index in [9.17, 15) is 14.4 Å². The Labute approximate surface area is 148 Å². The second kappa shape index (κ2) is 8.40. The van der Waals surface area contributed by atoms with Crippen LogP contribution in [0, 0.1) is 0 Å². The highest BCUT2D eigenvalue weighted by Gasteiger charge is 2.12. The topological polar surface area (TPSA) is 72.5 Å². The van der Waals surface area contributed by atoms with Crippen LogP contribution in [-0.4, -0.2) is 24.3 Å². The number of esters is 1. The molecule has 2 aromatic carbocycles. The van der Waals surface area contributed by atoms with Gasteiger partial charge in [0.25, 0.3) is 0 Å². The van der Waals surface area contributed by atoms with Crippen LogP contribution < -0.4 is 5.32 Å². The Balaban J connectivity index is 1.97. The van der Waals surface area contributed by atoms with Crippen molar-refractivity contribution in [1.82, 2.24) is 0 Å². The van der Waals surface area contributed by atoms with Crippen molar-refractivity contribution < 1.29 is 19.1 Å². The van der Waals surface area contributed by atoms with E-state index in [-0.39, 0.29) is 23.9 Å². The van der Waals surface area contributed by atoms with Crippen molar-refractivity contribution in [3.63, 3.8) is 0 Å². The lowest BCUT2D eigenvalue weighted by atomic mass is 10.1. The van der Waals surface area contributed by atoms with Gasteiger partial charge in [-0.05, 0) is 30.3 Å². The second-order valence-corrected chi connectivity index (χ2v) is 5.90. The summed E-state index contributed by atoms with van der Waals surface area (Å²) in [6.07, 6.45) is 0.344. The second-order valence-electron chi connectivity index (χ2n) is 4.99. The number of rotatable bonds is 6. The predicted octanol–water partition coefficient (Wildman–Crippen LogP) is 3.84. The van der Waals surface area contributed by atoms with Crippen LogP contribution in [0.1, 0.15) is 34.1 Å². The number of halogens is 1. The van der Waals surface area contributed by atoms with Gasteiger partial charge in [0.1, 0.15) is 0 Å². The third-order valence-electron chi connectivity index (χ3n) is 3.20. The summed E-state index contributed by atoms with van der Waals surface area (Å²) < 4.78 is 5.91. The molecule has 0 unspecified atom stereocenters. The molecule has 0 atom stereocenters. The summed E-state index contributed by atoms with van der Waals surface area (Å²) in [5.74, 6) is -1.05. The molecule has 1 N–H and O–H groups in total. The summed E-state index contributed by atoms with van der Waals surface area (Å²) in [6.45, 7) is 1.40. The summed E-state index contributed by atoms with van der Waals surface area (Å²) >= 11 is 3.29. The van der Waals surface area contributed by atoms with Crippen LogP contribution in [0.4, 0.5) is 5.69 Å². The van der Waals surface area contributed by atoms with Gasteiger partial charge in [-0.15, -0.1) is 0 Å². The summed E-state index contributed by atoms with van der Waals surface area (Å²) in [5.41, 5.74) is 1.25. The van der Waals surface area contributed by atoms with Crippen molar-refractivity contribution in [2.75, 3.05) is 11.9 Å². The van der Waals surface area contributed by atoms with Crippen LogP contribution in [0.15, 0.2) is 53.0 Å². The zero-order chi connectivity index (χ0) is 17.5. The molecule has 2 rings (SSSR count). The van der Waals surface area contributed by atoms with Gasteiger partial charge >= 0.3 is 5.97 Å². The lowest BCUT2D eigenvalue weighted by molar-refractivity contribution is -0.115. The number of carbonyl (C=O) groups excluding carboxylic acids is 3. The number of ether oxygens (including phenoxy) is 1. The quantitative estimate of drug-likeness (QED) is 0.601. The fourth-order valence-corrected chi connectivity index (χ4v) is 2.17. The third-order valence-corrected chi connectivity index (χ3v) is 3.73. The SMILES string of the molecule is CCC(=O)Nc1cccc(C(=O)OCC(=O)c2ccc(Br)cc2)c1. The average Bonchev–Trinajstić information content (AvgIpc) is 2.60. The highest BCUT2D eigenvalue weighted by atomic mass is 79.9. The highest BCUT2D eigenvalue weighted by Crippen LogP contribution is 2.13. The largest absolute Gasteiger partial charge is 0.454 e. The van der Waals surface area contributed by atoms with Crippen molar-refractivity contribution in [2.24, 2.45) is 0 Å². The maximum atomic E-state index is 12.0. The van der Waals surface area contributed by atoms with Crippen LogP contribution in [0.5, 0.6) is 0 Å². The smallest absolute Gasteiger partial charge is 0.338 e. The van der Waals surface area contributed by atoms with E-state index in [4.69, 9.17) is 4.74 Å². The predicted molar refractivity (Wildman–Crippen MR) is 94.1 cm³/mol. The molecule has 0 aromatic heterocycles. The minimum atomic E-state index is -0.618. The van der Waals surface area contributed by atoms with E-state index in [1.54, 1.807) is 49.4 Å². The van der Waals surface area contributed by atoms with Crippen LogP contribution >= 0.6 is 15.9 Å². The van der Waals surface area contributed by atoms with E-state index in [0.717, 1.165) is 4.47 Å². The lowest BCUT2D eigenvalue weighted by Crippen LogP contribution is -2.15. The van der Waals surface area contributed by atoms with Crippen molar-refractivity contribution in [1.29, 1.82) is 0 Å². The molecule has 0 saturated heterocycles. The first kappa shape index (κ1) is 17.9. The van der Waals surface area contributed by atoms with Gasteiger partial charge in [-0.3, -0.25) is 9.59 Å². The molecule has 0 spiro atoms. The fourth-order valence-electron chi connectivity index (χ4n) is 1.91. The van der Waals surface area contributed by atoms with E-state index >= 15 is 0 Å². The van der Waals surface area contributed by atoms with Gasteiger partial charge < -0.3 is 10.1 Å². The molecule has 0 aliphatic heterocycles. The van der Waals surface area contributed by atoms with Crippen molar-refractivity contribution >= 4 is 39.3 Å². The number of ketones is 1. The Kier molecular flexibility index (Phi) is 6.26. The molecule has 24 heavy (non-hydrogen) atoms. The molecular formula is C18H16BrNO4. The highest BCUT2D eigenvalue weighted by molar-refractivity contribution is 9.10. The molecule has 124 valence electrons. The first-order chi connectivity index (χ1) is 11.5. The first-order valence-electron chi connectivity index (χ1n) is 7.35. The van der Waals surface area contributed by atoms with Gasteiger partial charge in [0, 0.05) is 22.1 Å². The molecule has 0 aliphatic carbocycles. The number of Topliss-reactive ketones (excluding diaryl/α,β-unsaturated/α-hetero) is 1. The van der Waals surface area contributed by atoms with Gasteiger partial charge in [-0.2, -0.15) is 0 Å². The van der Waals surface area contributed by atoms with E-state index in [1.165, 1.54) is 6.07 Å². The molecule has 0 aliphatic rings. The summed E-state index contributed by atoms with van der Waals surface area (Å²) in [4.78, 5) is 35.4. The van der Waals surface area contributed by atoms with Crippen LogP contribution in [0.25, 0.3) is 0 Å². The molecule has 0 fully saturated rings. The summed E-state index contributed by atoms with van der Waals surface area (Å²) in [5, 5.41) is 2.66. The Morgan fingerprint density at radius 3 is 2.42 bits per heavy atom. The minimum absolute atomic E-state index is 0.147. The van der Waals surface area contributed by atoms with Gasteiger partial charge in [-0.25, -0.2) is 4.79 Å². The average molecular weight is 390 g/mol. The van der Waals surface area contributed by atoms with Crippen LogP contribution in [0.3, 0.4) is 0 Å². The van der Waals surface area contributed by atoms with E-state index in [0.29, 0.717) is 17.7 Å². The zero-order valence-electron chi connectivity index (χ0n) is 13.0. The number of anilines is 1. The standard InChI is InChI=1S/C18H16BrNO4/c1-2-17(22)20-15-5-3-4-13(10-15)18(23)24-11-16(21)12-6-8-14(19)9-7-12/h3-10H,2,11H2,1H3,(H,20,22). The lowest BCUT2D eigenvalue weighted by Gasteiger charge is -2.07. The maximum absolute atomic E-state index is 12.0. The molecule has 5 nitrogen and oxygen atoms in total. The molecule has 0 heterocycles. The molecule has 6 heteroatoms. The molecule has 0 saturated carbocycles. The van der Waals surface area contributed by atoms with Gasteiger partial charge in [0.2, 0.25) is 5.91 Å². The molecule has 2 aromatic rings. The Hall–Kier alpha value is -2.47. The fraction of sp³-hybridized carbons (Fsp3) is 0.167. The van der Waals surface area contributed by atoms with Gasteiger partial charge in [0.05, 0.1) is 5.56 Å². The first-order valence-corrected chi connectivity index (χ1v) is 8.14. The third kappa shape index (κ3) is 5.03. The molecule has 0 radical (unpaired) electrons. The number of carbonyl (C=O) groups is 3. The maximum Gasteiger partial charge on any atom is 0.338 e. The Morgan fingerprint density at radius 1 is 1.04 bits per heavy atom. The number of benzene rings is 2. The van der Waals surface area contributed by atoms with Gasteiger partial charge in [0.15, 0.2) is 12.4 Å². The number of amides is 1. The molecular weight excluding hydrogens is 374 g/mol. The van der Waals surface area contributed by atoms with E-state index < -0.39 is 5.97 Å². The van der Waals surface area contributed by atoms with Crippen LogP contribution in [0.2, 0.25) is 0 Å². The van der Waals surface area contributed by atoms with Crippen molar-refractivity contribution in [2.45, 2.75) is 13.3 Å². The molecule has 0 bridgehead atoms. The number of nitrogens with one attached hydrogen (secondary N) is 1. The number of hydrogen-bond acceptors (Lipinski definition) is 4. The van der Waals surface area contributed by atoms with Crippen LogP contribution in [-0.2, 0) is 9.53 Å². The van der Waals surface area contributed by atoms with E-state index in [1.807, 2.05) is 0 Å². The zero-order valence-corrected chi connectivity index (χ0v) is 14.6. The van der Waals surface area contributed by atoms with Crippen molar-refractivity contribution in [3.8, 4) is 0 Å². The Morgan fingerprint density at radius 2 is 1.75 bits per heavy atom. The summed E-state index contributed by atoms with van der Waals surface area (Å²) in [7, 11) is 0. The normalized spacial score (nSPS) is 10.1. The van der Waals surface area contributed by atoms with E-state index in [2.05, 4.69) is 21.2 Å². The Bertz CT molecular complexity index is 756.